The van der Waals surface area contributed by atoms with E-state index in [1.54, 1.807) is 25.1 Å². The van der Waals surface area contributed by atoms with E-state index < -0.39 is 21.7 Å². The summed E-state index contributed by atoms with van der Waals surface area (Å²) in [7, 11) is -3.97. The predicted molar refractivity (Wildman–Crippen MR) is 117 cm³/mol. The Balaban J connectivity index is 1.77. The zero-order valence-electron chi connectivity index (χ0n) is 16.8. The van der Waals surface area contributed by atoms with Gasteiger partial charge in [0, 0.05) is 29.5 Å². The molecular weight excluding hydrogens is 421 g/mol. The first-order valence-corrected chi connectivity index (χ1v) is 10.7. The highest BCUT2D eigenvalue weighted by atomic mass is 32.2. The van der Waals surface area contributed by atoms with Crippen molar-refractivity contribution in [1.29, 1.82) is 0 Å². The molecule has 0 saturated heterocycles. The minimum Gasteiger partial charge on any atom is -0.326 e. The largest absolute Gasteiger partial charge is 0.326 e. The highest BCUT2D eigenvalue weighted by Gasteiger charge is 2.17. The monoisotopic (exact) mass is 441 g/mol. The molecule has 31 heavy (non-hydrogen) atoms. The Labute approximate surface area is 179 Å². The van der Waals surface area contributed by atoms with E-state index in [9.17, 15) is 22.4 Å². The quantitative estimate of drug-likeness (QED) is 0.535. The molecule has 0 aromatic heterocycles. The minimum atomic E-state index is -3.97. The number of aryl methyl sites for hydroxylation is 1. The molecular formula is C22H20FN3O4S. The first-order chi connectivity index (χ1) is 14.6. The molecule has 9 heteroatoms. The zero-order chi connectivity index (χ0) is 22.6. The van der Waals surface area contributed by atoms with Crippen LogP contribution in [0.25, 0.3) is 0 Å². The molecule has 0 radical (unpaired) electrons. The summed E-state index contributed by atoms with van der Waals surface area (Å²) >= 11 is 0. The van der Waals surface area contributed by atoms with E-state index in [0.29, 0.717) is 11.4 Å². The fourth-order valence-corrected chi connectivity index (χ4v) is 3.92. The third kappa shape index (κ3) is 5.67. The van der Waals surface area contributed by atoms with Crippen LogP contribution in [0.1, 0.15) is 22.8 Å². The van der Waals surface area contributed by atoms with Crippen LogP contribution in [0.5, 0.6) is 0 Å². The van der Waals surface area contributed by atoms with Crippen molar-refractivity contribution < 1.29 is 22.4 Å². The van der Waals surface area contributed by atoms with E-state index in [1.165, 1.54) is 43.3 Å². The Morgan fingerprint density at radius 2 is 1.55 bits per heavy atom. The Hall–Kier alpha value is -3.72. The van der Waals surface area contributed by atoms with Gasteiger partial charge in [-0.25, -0.2) is 12.8 Å². The second-order valence-corrected chi connectivity index (χ2v) is 8.49. The molecule has 0 aliphatic carbocycles. The maximum absolute atomic E-state index is 13.0. The molecule has 7 nitrogen and oxygen atoms in total. The van der Waals surface area contributed by atoms with Crippen molar-refractivity contribution in [1.82, 2.24) is 0 Å². The van der Waals surface area contributed by atoms with E-state index in [1.807, 2.05) is 0 Å². The number of benzene rings is 3. The lowest BCUT2D eigenvalue weighted by atomic mass is 10.1. The molecule has 0 aliphatic heterocycles. The van der Waals surface area contributed by atoms with Crippen LogP contribution in [-0.2, 0) is 14.8 Å². The first-order valence-electron chi connectivity index (χ1n) is 9.22. The number of hydrogen-bond acceptors (Lipinski definition) is 4. The molecule has 3 rings (SSSR count). The van der Waals surface area contributed by atoms with Crippen LogP contribution in [0.3, 0.4) is 0 Å². The third-order valence-electron chi connectivity index (χ3n) is 4.30. The van der Waals surface area contributed by atoms with Crippen molar-refractivity contribution in [3.63, 3.8) is 0 Å². The lowest BCUT2D eigenvalue weighted by Crippen LogP contribution is -2.16. The summed E-state index contributed by atoms with van der Waals surface area (Å²) in [5.74, 6) is -1.18. The number of sulfonamides is 1. The Morgan fingerprint density at radius 3 is 2.19 bits per heavy atom. The molecule has 2 amide bonds. The molecule has 0 bridgehead atoms. The molecule has 160 valence electrons. The molecule has 0 saturated carbocycles. The van der Waals surface area contributed by atoms with Gasteiger partial charge in [-0.2, -0.15) is 0 Å². The molecule has 0 spiro atoms. The van der Waals surface area contributed by atoms with Crippen molar-refractivity contribution in [3.8, 4) is 0 Å². The summed E-state index contributed by atoms with van der Waals surface area (Å²) in [5.41, 5.74) is 2.23. The first kappa shape index (κ1) is 22.0. The van der Waals surface area contributed by atoms with Gasteiger partial charge in [0.1, 0.15) is 5.82 Å². The number of carbonyl (C=O) groups is 2. The van der Waals surface area contributed by atoms with Gasteiger partial charge in [0.2, 0.25) is 5.91 Å². The number of anilines is 3. The van der Waals surface area contributed by atoms with Crippen LogP contribution in [0.2, 0.25) is 0 Å². The van der Waals surface area contributed by atoms with E-state index in [2.05, 4.69) is 15.4 Å². The third-order valence-corrected chi connectivity index (χ3v) is 5.68. The van der Waals surface area contributed by atoms with Crippen molar-refractivity contribution in [2.75, 3.05) is 15.4 Å². The van der Waals surface area contributed by atoms with Crippen LogP contribution < -0.4 is 15.4 Å². The summed E-state index contributed by atoms with van der Waals surface area (Å²) in [6, 6.07) is 15.4. The van der Waals surface area contributed by atoms with Crippen LogP contribution in [0.4, 0.5) is 21.5 Å². The average Bonchev–Trinajstić information content (AvgIpc) is 2.71. The molecule has 3 aromatic carbocycles. The van der Waals surface area contributed by atoms with Gasteiger partial charge in [-0.3, -0.25) is 14.3 Å². The Kier molecular flexibility index (Phi) is 6.36. The van der Waals surface area contributed by atoms with Crippen LogP contribution in [0.15, 0.2) is 71.6 Å². The normalized spacial score (nSPS) is 10.9. The van der Waals surface area contributed by atoms with Crippen molar-refractivity contribution >= 4 is 38.9 Å². The van der Waals surface area contributed by atoms with Crippen molar-refractivity contribution in [2.24, 2.45) is 0 Å². The van der Waals surface area contributed by atoms with E-state index in [-0.39, 0.29) is 22.1 Å². The van der Waals surface area contributed by atoms with Crippen LogP contribution in [-0.4, -0.2) is 20.2 Å². The lowest BCUT2D eigenvalue weighted by Gasteiger charge is -2.11. The maximum Gasteiger partial charge on any atom is 0.261 e. The van der Waals surface area contributed by atoms with Gasteiger partial charge < -0.3 is 10.6 Å². The fourth-order valence-electron chi connectivity index (χ4n) is 2.81. The predicted octanol–water partition coefficient (Wildman–Crippen LogP) is 4.15. The topological polar surface area (TPSA) is 104 Å². The van der Waals surface area contributed by atoms with Gasteiger partial charge in [-0.05, 0) is 73.2 Å². The van der Waals surface area contributed by atoms with Crippen molar-refractivity contribution in [3.05, 3.63) is 83.7 Å². The van der Waals surface area contributed by atoms with E-state index in [4.69, 9.17) is 0 Å². The fraction of sp³-hybridized carbons (Fsp3) is 0.0909. The van der Waals surface area contributed by atoms with Crippen LogP contribution in [0, 0.1) is 12.7 Å². The van der Waals surface area contributed by atoms with E-state index >= 15 is 0 Å². The molecule has 0 atom stereocenters. The standard InChI is InChI=1S/C22H20FN3O4S/c1-14-12-19(10-11-21(14)24-15(2)27)25-22(28)16-4-3-5-20(13-16)31(29,30)26-18-8-6-17(23)7-9-18/h3-13,26H,1-2H3,(H,24,27)(H,25,28). The average molecular weight is 441 g/mol. The van der Waals surface area contributed by atoms with Crippen molar-refractivity contribution in [2.45, 2.75) is 18.7 Å². The van der Waals surface area contributed by atoms with Gasteiger partial charge in [-0.1, -0.05) is 6.07 Å². The maximum atomic E-state index is 13.0. The number of carbonyl (C=O) groups excluding carboxylic acids is 2. The summed E-state index contributed by atoms with van der Waals surface area (Å²) in [6.07, 6.45) is 0. The summed E-state index contributed by atoms with van der Waals surface area (Å²) in [4.78, 5) is 23.7. The number of amides is 2. The van der Waals surface area contributed by atoms with Gasteiger partial charge >= 0.3 is 0 Å². The highest BCUT2D eigenvalue weighted by molar-refractivity contribution is 7.92. The molecule has 3 aromatic rings. The van der Waals surface area contributed by atoms with Gasteiger partial charge in [-0.15, -0.1) is 0 Å². The SMILES string of the molecule is CC(=O)Nc1ccc(NC(=O)c2cccc(S(=O)(=O)Nc3ccc(F)cc3)c2)cc1C. The number of rotatable bonds is 6. The number of nitrogens with one attached hydrogen (secondary N) is 3. The van der Waals surface area contributed by atoms with Gasteiger partial charge in [0.05, 0.1) is 4.90 Å². The summed E-state index contributed by atoms with van der Waals surface area (Å²) in [5, 5.41) is 5.39. The zero-order valence-corrected chi connectivity index (χ0v) is 17.6. The summed E-state index contributed by atoms with van der Waals surface area (Å²) in [6.45, 7) is 3.19. The van der Waals surface area contributed by atoms with Gasteiger partial charge in [0.15, 0.2) is 0 Å². The highest BCUT2D eigenvalue weighted by Crippen LogP contribution is 2.21. The Bertz CT molecular complexity index is 1240. The van der Waals surface area contributed by atoms with E-state index in [0.717, 1.165) is 17.7 Å². The van der Waals surface area contributed by atoms with Gasteiger partial charge in [0.25, 0.3) is 15.9 Å². The molecule has 0 fully saturated rings. The second kappa shape index (κ2) is 8.97. The smallest absolute Gasteiger partial charge is 0.261 e. The second-order valence-electron chi connectivity index (χ2n) is 6.81. The molecule has 0 heterocycles. The van der Waals surface area contributed by atoms with Crippen LogP contribution >= 0.6 is 0 Å². The molecule has 3 N–H and O–H groups in total. The number of halogens is 1. The molecule has 0 aliphatic rings. The lowest BCUT2D eigenvalue weighted by molar-refractivity contribution is -0.114. The Morgan fingerprint density at radius 1 is 0.871 bits per heavy atom. The minimum absolute atomic E-state index is 0.110. The number of hydrogen-bond donors (Lipinski definition) is 3. The summed E-state index contributed by atoms with van der Waals surface area (Å²) < 4.78 is 40.6. The molecule has 0 unspecified atom stereocenters.